The number of methoxy groups -OCH3 is 2. The molecule has 0 radical (unpaired) electrons. The van der Waals surface area contributed by atoms with Crippen LogP contribution >= 0.6 is 11.6 Å². The van der Waals surface area contributed by atoms with E-state index in [0.29, 0.717) is 36.9 Å². The Morgan fingerprint density at radius 1 is 0.981 bits per heavy atom. The van der Waals surface area contributed by atoms with Gasteiger partial charge < -0.3 is 24.2 Å². The Bertz CT molecular complexity index is 1950. The first-order valence-electron chi connectivity index (χ1n) is 18.0. The molecule has 1 N–H and O–H groups in total. The van der Waals surface area contributed by atoms with Crippen molar-refractivity contribution >= 4 is 27.3 Å². The number of ether oxygens (including phenoxy) is 3. The van der Waals surface area contributed by atoms with Crippen molar-refractivity contribution in [1.29, 1.82) is 0 Å². The summed E-state index contributed by atoms with van der Waals surface area (Å²) < 4.78 is 48.5. The maximum Gasteiger partial charge on any atom is 0.243 e. The Balaban J connectivity index is 1.27. The predicted molar refractivity (Wildman–Crippen MR) is 205 cm³/mol. The fraction of sp³-hybridized carbons (Fsp3) is 0.381. The van der Waals surface area contributed by atoms with Crippen LogP contribution in [-0.2, 0) is 34.9 Å². The first kappa shape index (κ1) is 36.3. The van der Waals surface area contributed by atoms with E-state index >= 15 is 0 Å². The van der Waals surface area contributed by atoms with Gasteiger partial charge in [0.15, 0.2) is 0 Å². The number of aryl methyl sites for hydroxylation is 1. The van der Waals surface area contributed by atoms with E-state index in [2.05, 4.69) is 23.6 Å². The van der Waals surface area contributed by atoms with Crippen molar-refractivity contribution in [3.8, 4) is 17.2 Å². The van der Waals surface area contributed by atoms with Crippen LogP contribution in [0.2, 0.25) is 5.02 Å². The summed E-state index contributed by atoms with van der Waals surface area (Å²) in [7, 11) is -0.794. The largest absolute Gasteiger partial charge is 0.497 e. The molecule has 1 spiro atoms. The molecule has 1 fully saturated rings. The Hall–Kier alpha value is -4.02. The maximum atomic E-state index is 14.8. The second-order valence-corrected chi connectivity index (χ2v) is 16.8. The van der Waals surface area contributed by atoms with Crippen molar-refractivity contribution in [3.05, 3.63) is 125 Å². The van der Waals surface area contributed by atoms with Gasteiger partial charge in [-0.1, -0.05) is 48.0 Å². The van der Waals surface area contributed by atoms with Crippen molar-refractivity contribution in [1.82, 2.24) is 4.31 Å². The first-order chi connectivity index (χ1) is 25.1. The number of sulfonamides is 1. The minimum absolute atomic E-state index is 0.106. The molecular formula is C42H47ClN2O6S. The standard InChI is InChI=1S/C42H47ClN2O6S/c1-4-40(46)37-18-11-32(37)26-44-27-42(21-5-6-31-22-33(43)12-19-38(31)42)28-51-41-20-17-36(23-39(41)44)52(47,48)45(24-29-7-13-34(49-2)14-8-29)25-30-9-15-35(50-3)16-10-30/h4,7-10,12-17,19-20,22-23,32,37,40,46H,1,5-6,11,18,21,24-28H2,2-3H3/t32-,37+,40+,42?/m0/s1. The minimum Gasteiger partial charge on any atom is -0.497 e. The van der Waals surface area contributed by atoms with E-state index in [0.717, 1.165) is 53.9 Å². The van der Waals surface area contributed by atoms with Gasteiger partial charge >= 0.3 is 0 Å². The van der Waals surface area contributed by atoms with Crippen molar-refractivity contribution < 1.29 is 27.7 Å². The van der Waals surface area contributed by atoms with Crippen molar-refractivity contribution in [2.45, 2.75) is 61.6 Å². The van der Waals surface area contributed by atoms with Gasteiger partial charge in [0, 0.05) is 36.6 Å². The molecule has 0 saturated heterocycles. The summed E-state index contributed by atoms with van der Waals surface area (Å²) in [5, 5.41) is 11.5. The lowest BCUT2D eigenvalue weighted by atomic mass is 9.68. The van der Waals surface area contributed by atoms with E-state index < -0.39 is 16.1 Å². The highest BCUT2D eigenvalue weighted by molar-refractivity contribution is 7.89. The third kappa shape index (κ3) is 7.29. The van der Waals surface area contributed by atoms with Gasteiger partial charge in [-0.05, 0) is 121 Å². The molecule has 4 aromatic carbocycles. The van der Waals surface area contributed by atoms with Gasteiger partial charge in [-0.15, -0.1) is 6.58 Å². The van der Waals surface area contributed by atoms with Crippen molar-refractivity contribution in [2.75, 3.05) is 38.8 Å². The summed E-state index contributed by atoms with van der Waals surface area (Å²) in [6, 6.07) is 26.4. The van der Waals surface area contributed by atoms with E-state index in [1.54, 1.807) is 32.4 Å². The molecule has 8 nitrogen and oxygen atoms in total. The number of benzene rings is 4. The van der Waals surface area contributed by atoms with Crippen LogP contribution in [0.25, 0.3) is 0 Å². The second kappa shape index (κ2) is 15.1. The molecule has 3 aliphatic rings. The molecule has 10 heteroatoms. The highest BCUT2D eigenvalue weighted by Crippen LogP contribution is 2.47. The molecule has 52 heavy (non-hydrogen) atoms. The van der Waals surface area contributed by atoms with E-state index in [9.17, 15) is 13.5 Å². The number of nitrogens with zero attached hydrogens (tertiary/aromatic N) is 2. The summed E-state index contributed by atoms with van der Waals surface area (Å²) in [6.45, 7) is 5.99. The van der Waals surface area contributed by atoms with Gasteiger partial charge in [0.05, 0.1) is 37.5 Å². The van der Waals surface area contributed by atoms with E-state index in [1.807, 2.05) is 60.7 Å². The molecule has 1 saturated carbocycles. The quantitative estimate of drug-likeness (QED) is 0.148. The van der Waals surface area contributed by atoms with Crippen LogP contribution < -0.4 is 19.1 Å². The summed E-state index contributed by atoms with van der Waals surface area (Å²) in [5.74, 6) is 2.40. The number of hydrogen-bond donors (Lipinski definition) is 1. The fourth-order valence-electron chi connectivity index (χ4n) is 8.23. The Labute approximate surface area is 312 Å². The van der Waals surface area contributed by atoms with E-state index in [4.69, 9.17) is 25.8 Å². The zero-order valence-electron chi connectivity index (χ0n) is 29.8. The van der Waals surface area contributed by atoms with Gasteiger partial charge in [0.1, 0.15) is 17.2 Å². The molecule has 0 amide bonds. The number of rotatable bonds is 12. The molecule has 2 aliphatic carbocycles. The maximum absolute atomic E-state index is 14.8. The number of anilines is 1. The number of aliphatic hydroxyl groups is 1. The van der Waals surface area contributed by atoms with Crippen molar-refractivity contribution in [3.63, 3.8) is 0 Å². The molecule has 1 heterocycles. The molecule has 7 rings (SSSR count). The number of aliphatic hydroxyl groups excluding tert-OH is 1. The number of fused-ring (bicyclic) bond motifs is 3. The average molecular weight is 743 g/mol. The van der Waals surface area contributed by atoms with Crippen molar-refractivity contribution in [2.24, 2.45) is 11.8 Å². The zero-order valence-corrected chi connectivity index (χ0v) is 31.4. The molecular weight excluding hydrogens is 696 g/mol. The molecule has 4 aromatic rings. The summed E-state index contributed by atoms with van der Waals surface area (Å²) in [6.07, 6.45) is 5.87. The van der Waals surface area contributed by atoms with E-state index in [1.165, 1.54) is 15.4 Å². The lowest BCUT2D eigenvalue weighted by molar-refractivity contribution is 0.0460. The minimum atomic E-state index is -4.01. The molecule has 1 aliphatic heterocycles. The van der Waals surface area contributed by atoms with Gasteiger partial charge in [-0.3, -0.25) is 0 Å². The van der Waals surface area contributed by atoms with Gasteiger partial charge in [-0.2, -0.15) is 4.31 Å². The Kier molecular flexibility index (Phi) is 10.6. The topological polar surface area (TPSA) is 88.5 Å². The van der Waals surface area contributed by atoms with Gasteiger partial charge in [0.25, 0.3) is 0 Å². The highest BCUT2D eigenvalue weighted by atomic mass is 35.5. The lowest BCUT2D eigenvalue weighted by Crippen LogP contribution is -2.49. The zero-order chi connectivity index (χ0) is 36.5. The number of hydrogen-bond acceptors (Lipinski definition) is 7. The van der Waals surface area contributed by atoms with Crippen LogP contribution in [0.5, 0.6) is 17.2 Å². The average Bonchev–Trinajstić information content (AvgIpc) is 3.30. The molecule has 4 atom stereocenters. The van der Waals surface area contributed by atoms with Crippen LogP contribution in [0.4, 0.5) is 5.69 Å². The Morgan fingerprint density at radius 3 is 2.25 bits per heavy atom. The van der Waals surface area contributed by atoms with Crippen LogP contribution in [0.1, 0.15) is 47.9 Å². The van der Waals surface area contributed by atoms with Crippen LogP contribution in [0.3, 0.4) is 0 Å². The van der Waals surface area contributed by atoms with E-state index in [-0.39, 0.29) is 35.2 Å². The predicted octanol–water partition coefficient (Wildman–Crippen LogP) is 7.79. The van der Waals surface area contributed by atoms with Crippen LogP contribution in [-0.4, -0.2) is 57.8 Å². The SMILES string of the molecule is C=C[C@@H](O)[C@@H]1CC[C@H]1CN1CC2(CCCc3cc(Cl)ccc32)COc2ccc(S(=O)(=O)N(Cc3ccc(OC)cc3)Cc3ccc(OC)cc3)cc21. The van der Waals surface area contributed by atoms with Gasteiger partial charge in [-0.25, -0.2) is 8.42 Å². The fourth-order valence-corrected chi connectivity index (χ4v) is 9.86. The third-order valence-electron chi connectivity index (χ3n) is 11.3. The summed E-state index contributed by atoms with van der Waals surface area (Å²) in [5.41, 5.74) is 4.62. The molecule has 0 bridgehead atoms. The second-order valence-electron chi connectivity index (χ2n) is 14.4. The molecule has 274 valence electrons. The van der Waals surface area contributed by atoms with Crippen LogP contribution in [0, 0.1) is 11.8 Å². The van der Waals surface area contributed by atoms with Gasteiger partial charge in [0.2, 0.25) is 10.0 Å². The van der Waals surface area contributed by atoms with Crippen LogP contribution in [0.15, 0.2) is 102 Å². The smallest absolute Gasteiger partial charge is 0.243 e. The number of halogens is 1. The molecule has 1 unspecified atom stereocenters. The Morgan fingerprint density at radius 2 is 1.65 bits per heavy atom. The lowest BCUT2D eigenvalue weighted by Gasteiger charge is -2.45. The molecule has 0 aromatic heterocycles. The summed E-state index contributed by atoms with van der Waals surface area (Å²) >= 11 is 6.46. The summed E-state index contributed by atoms with van der Waals surface area (Å²) in [4.78, 5) is 2.53. The highest BCUT2D eigenvalue weighted by Gasteiger charge is 2.44. The monoisotopic (exact) mass is 742 g/mol. The third-order valence-corrected chi connectivity index (χ3v) is 13.3. The normalized spacial score (nSPS) is 21.7. The first-order valence-corrected chi connectivity index (χ1v) is 19.8.